The maximum absolute atomic E-state index is 11.3. The molecule has 0 saturated carbocycles. The normalized spacial score (nSPS) is 15.6. The van der Waals surface area contributed by atoms with E-state index in [0.717, 1.165) is 16.8 Å². The highest BCUT2D eigenvalue weighted by Gasteiger charge is 2.28. The molecule has 0 saturated heterocycles. The molecule has 2 N–H and O–H groups in total. The molecule has 25 heavy (non-hydrogen) atoms. The Bertz CT molecular complexity index is 978. The topological polar surface area (TPSA) is 92.4 Å². The van der Waals surface area contributed by atoms with Crippen molar-refractivity contribution >= 4 is 11.9 Å². The number of hydrogen-bond acceptors (Lipinski definition) is 4. The highest BCUT2D eigenvalue weighted by Crippen LogP contribution is 2.34. The second kappa shape index (κ2) is 5.86. The standard InChI is InChI=1S/C18H15N5O2/c1-11-21-22-17-16(20-18(24)25)19-15(12-7-3-2-4-8-12)13-9-5-6-10-14(13)23(11)17/h2-10,15H,1H3,(H,19,20)(H,24,25). The van der Waals surface area contributed by atoms with Gasteiger partial charge in [0.1, 0.15) is 11.9 Å². The molecule has 1 atom stereocenters. The number of rotatable bonds is 1. The van der Waals surface area contributed by atoms with Gasteiger partial charge in [0.2, 0.25) is 5.82 Å². The fraction of sp³-hybridized carbons (Fsp3) is 0.111. The monoisotopic (exact) mass is 333 g/mol. The molecule has 0 aliphatic carbocycles. The summed E-state index contributed by atoms with van der Waals surface area (Å²) in [5, 5.41) is 19.8. The Morgan fingerprint density at radius 2 is 1.80 bits per heavy atom. The van der Waals surface area contributed by atoms with Crippen molar-refractivity contribution in [3.05, 3.63) is 77.4 Å². The highest BCUT2D eigenvalue weighted by molar-refractivity contribution is 6.04. The Labute approximate surface area is 143 Å². The third kappa shape index (κ3) is 2.55. The van der Waals surface area contributed by atoms with Crippen molar-refractivity contribution in [3.63, 3.8) is 0 Å². The average molecular weight is 333 g/mol. The van der Waals surface area contributed by atoms with E-state index in [1.165, 1.54) is 0 Å². The van der Waals surface area contributed by atoms with Crippen LogP contribution in [0.5, 0.6) is 0 Å². The maximum Gasteiger partial charge on any atom is 0.410 e. The summed E-state index contributed by atoms with van der Waals surface area (Å²) in [7, 11) is 0. The smallest absolute Gasteiger partial charge is 0.410 e. The van der Waals surface area contributed by atoms with E-state index in [-0.39, 0.29) is 11.9 Å². The van der Waals surface area contributed by atoms with E-state index in [2.05, 4.69) is 20.5 Å². The van der Waals surface area contributed by atoms with Gasteiger partial charge in [-0.25, -0.2) is 4.79 Å². The number of carbonyl (C=O) groups is 1. The number of fused-ring (bicyclic) bond motifs is 3. The lowest BCUT2D eigenvalue weighted by Crippen LogP contribution is -2.32. The number of carboxylic acid groups (broad SMARTS) is 1. The van der Waals surface area contributed by atoms with Crippen molar-refractivity contribution in [2.24, 2.45) is 4.99 Å². The molecule has 0 radical (unpaired) electrons. The van der Waals surface area contributed by atoms with Gasteiger partial charge in [-0.05, 0) is 18.6 Å². The van der Waals surface area contributed by atoms with Crippen LogP contribution in [-0.4, -0.2) is 31.8 Å². The van der Waals surface area contributed by atoms with Crippen LogP contribution in [0, 0.1) is 6.92 Å². The van der Waals surface area contributed by atoms with E-state index in [9.17, 15) is 9.90 Å². The second-order valence-corrected chi connectivity index (χ2v) is 5.69. The summed E-state index contributed by atoms with van der Waals surface area (Å²) in [6.07, 6.45) is -1.19. The summed E-state index contributed by atoms with van der Waals surface area (Å²) in [6, 6.07) is 17.2. The summed E-state index contributed by atoms with van der Waals surface area (Å²) in [4.78, 5) is 15.9. The Balaban J connectivity index is 2.01. The van der Waals surface area contributed by atoms with Crippen molar-refractivity contribution in [3.8, 4) is 5.69 Å². The number of nitrogens with one attached hydrogen (secondary N) is 1. The van der Waals surface area contributed by atoms with Crippen LogP contribution in [-0.2, 0) is 0 Å². The first-order valence-electron chi connectivity index (χ1n) is 7.79. The van der Waals surface area contributed by atoms with E-state index >= 15 is 0 Å². The molecule has 1 unspecified atom stereocenters. The zero-order valence-corrected chi connectivity index (χ0v) is 13.4. The van der Waals surface area contributed by atoms with Crippen molar-refractivity contribution in [1.29, 1.82) is 0 Å². The van der Waals surface area contributed by atoms with Crippen LogP contribution < -0.4 is 5.32 Å². The Hall–Kier alpha value is -3.48. The van der Waals surface area contributed by atoms with Gasteiger partial charge in [0, 0.05) is 5.56 Å². The van der Waals surface area contributed by atoms with E-state index < -0.39 is 6.09 Å². The number of nitrogens with zero attached hydrogens (tertiary/aromatic N) is 4. The van der Waals surface area contributed by atoms with Gasteiger partial charge in [-0.1, -0.05) is 48.5 Å². The Morgan fingerprint density at radius 3 is 2.56 bits per heavy atom. The van der Waals surface area contributed by atoms with E-state index in [1.54, 1.807) is 0 Å². The Morgan fingerprint density at radius 1 is 1.08 bits per heavy atom. The lowest BCUT2D eigenvalue weighted by atomic mass is 9.98. The minimum absolute atomic E-state index is 0.179. The SMILES string of the molecule is Cc1nnc2n1-c1ccccc1C(c1ccccc1)N=C2NC(=O)O. The van der Waals surface area contributed by atoms with Crippen molar-refractivity contribution in [2.45, 2.75) is 13.0 Å². The fourth-order valence-electron chi connectivity index (χ4n) is 3.06. The summed E-state index contributed by atoms with van der Waals surface area (Å²) in [5.41, 5.74) is 2.82. The summed E-state index contributed by atoms with van der Waals surface area (Å²) >= 11 is 0. The molecule has 2 aromatic carbocycles. The zero-order valence-electron chi connectivity index (χ0n) is 13.4. The number of hydrogen-bond donors (Lipinski definition) is 2. The molecule has 1 aliphatic rings. The van der Waals surface area contributed by atoms with Gasteiger partial charge in [-0.15, -0.1) is 10.2 Å². The van der Waals surface area contributed by atoms with Gasteiger partial charge < -0.3 is 5.11 Å². The number of para-hydroxylation sites is 1. The van der Waals surface area contributed by atoms with Crippen molar-refractivity contribution < 1.29 is 9.90 Å². The third-order valence-corrected chi connectivity index (χ3v) is 4.11. The molecule has 3 aromatic rings. The maximum atomic E-state index is 11.3. The first kappa shape index (κ1) is 15.1. The minimum Gasteiger partial charge on any atom is -0.465 e. The molecule has 2 heterocycles. The predicted octanol–water partition coefficient (Wildman–Crippen LogP) is 2.69. The third-order valence-electron chi connectivity index (χ3n) is 4.11. The summed E-state index contributed by atoms with van der Waals surface area (Å²) < 4.78 is 1.83. The average Bonchev–Trinajstić information content (AvgIpc) is 2.94. The van der Waals surface area contributed by atoms with E-state index in [1.807, 2.05) is 66.1 Å². The van der Waals surface area contributed by atoms with Crippen LogP contribution in [0.4, 0.5) is 4.79 Å². The van der Waals surface area contributed by atoms with Crippen molar-refractivity contribution in [1.82, 2.24) is 20.1 Å². The van der Waals surface area contributed by atoms with Gasteiger partial charge in [-0.3, -0.25) is 14.9 Å². The number of benzene rings is 2. The number of aryl methyl sites for hydroxylation is 1. The van der Waals surface area contributed by atoms with E-state index in [0.29, 0.717) is 11.6 Å². The second-order valence-electron chi connectivity index (χ2n) is 5.69. The molecule has 7 heteroatoms. The van der Waals surface area contributed by atoms with E-state index in [4.69, 9.17) is 0 Å². The van der Waals surface area contributed by atoms with Gasteiger partial charge >= 0.3 is 6.09 Å². The zero-order chi connectivity index (χ0) is 17.4. The number of amides is 1. The van der Waals surface area contributed by atoms with Crippen molar-refractivity contribution in [2.75, 3.05) is 0 Å². The summed E-state index contributed by atoms with van der Waals surface area (Å²) in [5.74, 6) is 1.22. The minimum atomic E-state index is -1.19. The molecular formula is C18H15N5O2. The molecule has 7 nitrogen and oxygen atoms in total. The van der Waals surface area contributed by atoms with Gasteiger partial charge in [0.05, 0.1) is 5.69 Å². The molecule has 1 aliphatic heterocycles. The molecule has 0 fully saturated rings. The van der Waals surface area contributed by atoms with Crippen LogP contribution >= 0.6 is 0 Å². The van der Waals surface area contributed by atoms with Gasteiger partial charge in [0.15, 0.2) is 5.84 Å². The van der Waals surface area contributed by atoms with Gasteiger partial charge in [-0.2, -0.15) is 0 Å². The molecular weight excluding hydrogens is 318 g/mol. The summed E-state index contributed by atoms with van der Waals surface area (Å²) in [6.45, 7) is 1.83. The molecule has 4 rings (SSSR count). The van der Waals surface area contributed by atoms with Crippen LogP contribution in [0.15, 0.2) is 59.6 Å². The number of amidine groups is 1. The number of aliphatic imine (C=N–C) groups is 1. The van der Waals surface area contributed by atoms with Crippen LogP contribution in [0.1, 0.15) is 28.8 Å². The Kier molecular flexibility index (Phi) is 3.53. The fourth-order valence-corrected chi connectivity index (χ4v) is 3.06. The van der Waals surface area contributed by atoms with Gasteiger partial charge in [0.25, 0.3) is 0 Å². The quantitative estimate of drug-likeness (QED) is 0.716. The predicted molar refractivity (Wildman–Crippen MR) is 92.1 cm³/mol. The highest BCUT2D eigenvalue weighted by atomic mass is 16.4. The molecule has 124 valence electrons. The molecule has 0 spiro atoms. The lowest BCUT2D eigenvalue weighted by Gasteiger charge is -2.16. The van der Waals surface area contributed by atoms with Crippen LogP contribution in [0.25, 0.3) is 5.69 Å². The largest absolute Gasteiger partial charge is 0.465 e. The molecule has 1 amide bonds. The van der Waals surface area contributed by atoms with Crippen LogP contribution in [0.2, 0.25) is 0 Å². The lowest BCUT2D eigenvalue weighted by molar-refractivity contribution is 0.200. The molecule has 1 aromatic heterocycles. The first-order chi connectivity index (χ1) is 12.1. The number of aromatic nitrogens is 3. The van der Waals surface area contributed by atoms with Crippen LogP contribution in [0.3, 0.4) is 0 Å². The first-order valence-corrected chi connectivity index (χ1v) is 7.79. The molecule has 0 bridgehead atoms.